The molecule has 0 aliphatic heterocycles. The minimum atomic E-state index is -0.360. The fourth-order valence-electron chi connectivity index (χ4n) is 2.35. The van der Waals surface area contributed by atoms with Crippen LogP contribution in [0.3, 0.4) is 0 Å². The number of thioether (sulfide) groups is 1. The average molecular weight is 421 g/mol. The highest BCUT2D eigenvalue weighted by molar-refractivity contribution is 7.99. The van der Waals surface area contributed by atoms with Crippen LogP contribution >= 0.6 is 23.4 Å². The van der Waals surface area contributed by atoms with Crippen molar-refractivity contribution in [3.8, 4) is 0 Å². The first-order valence-corrected chi connectivity index (χ1v) is 10.7. The summed E-state index contributed by atoms with van der Waals surface area (Å²) >= 11 is 7.52. The van der Waals surface area contributed by atoms with Gasteiger partial charge in [0.05, 0.1) is 11.2 Å². The lowest BCUT2D eigenvalue weighted by Gasteiger charge is -2.08. The van der Waals surface area contributed by atoms with Crippen LogP contribution in [0, 0.1) is 0 Å². The molecule has 150 valence electrons. The zero-order chi connectivity index (χ0) is 20.4. The molecule has 2 N–H and O–H groups in total. The molecule has 2 aromatic rings. The van der Waals surface area contributed by atoms with Crippen LogP contribution in [0.4, 0.5) is 5.69 Å². The summed E-state index contributed by atoms with van der Waals surface area (Å²) in [5.74, 6) is 0.428. The van der Waals surface area contributed by atoms with Gasteiger partial charge in [-0.25, -0.2) is 9.97 Å². The molecule has 0 bridgehead atoms. The summed E-state index contributed by atoms with van der Waals surface area (Å²) in [6.07, 6.45) is 4.22. The van der Waals surface area contributed by atoms with E-state index in [1.54, 1.807) is 0 Å². The van der Waals surface area contributed by atoms with Crippen LogP contribution < -0.4 is 10.6 Å². The zero-order valence-electron chi connectivity index (χ0n) is 16.1. The Morgan fingerprint density at radius 3 is 2.61 bits per heavy atom. The van der Waals surface area contributed by atoms with E-state index in [0.717, 1.165) is 24.3 Å². The minimum absolute atomic E-state index is 0.0863. The second kappa shape index (κ2) is 11.7. The van der Waals surface area contributed by atoms with Gasteiger partial charge in [0.25, 0.3) is 5.91 Å². The quantitative estimate of drug-likeness (QED) is 0.339. The van der Waals surface area contributed by atoms with Crippen LogP contribution in [0.5, 0.6) is 0 Å². The van der Waals surface area contributed by atoms with Gasteiger partial charge in [-0.2, -0.15) is 0 Å². The molecule has 1 heterocycles. The molecule has 0 unspecified atom stereocenters. The number of hydrogen-bond donors (Lipinski definition) is 2. The van der Waals surface area contributed by atoms with Crippen molar-refractivity contribution in [1.29, 1.82) is 0 Å². The lowest BCUT2D eigenvalue weighted by molar-refractivity contribution is -0.116. The summed E-state index contributed by atoms with van der Waals surface area (Å²) < 4.78 is 0. The molecule has 1 aromatic carbocycles. The van der Waals surface area contributed by atoms with Gasteiger partial charge in [0.15, 0.2) is 10.9 Å². The van der Waals surface area contributed by atoms with Gasteiger partial charge >= 0.3 is 0 Å². The third-order valence-corrected chi connectivity index (χ3v) is 5.23. The number of nitrogens with one attached hydrogen (secondary N) is 2. The van der Waals surface area contributed by atoms with Crippen LogP contribution in [0.2, 0.25) is 5.02 Å². The average Bonchev–Trinajstić information content (AvgIpc) is 2.71. The number of aromatic nitrogens is 2. The van der Waals surface area contributed by atoms with Crippen LogP contribution in [-0.2, 0) is 11.2 Å². The highest BCUT2D eigenvalue weighted by atomic mass is 35.5. The third-order valence-electron chi connectivity index (χ3n) is 3.88. The maximum atomic E-state index is 12.3. The first kappa shape index (κ1) is 22.2. The monoisotopic (exact) mass is 420 g/mol. The first-order chi connectivity index (χ1) is 13.5. The lowest BCUT2D eigenvalue weighted by atomic mass is 10.1. The minimum Gasteiger partial charge on any atom is -0.351 e. The molecule has 1 aromatic heterocycles. The van der Waals surface area contributed by atoms with Crippen LogP contribution in [-0.4, -0.2) is 34.1 Å². The van der Waals surface area contributed by atoms with Crippen LogP contribution in [0.1, 0.15) is 49.2 Å². The standard InChI is InChI=1S/C20H25ClN4O2S/c1-3-12-28-20-23-13-16(21)18(25-20)19(27)22-11-5-6-17(26)24-15-9-7-14(4-2)8-10-15/h7-10,13H,3-6,11-12H2,1-2H3,(H,22,27)(H,24,26). The number of benzene rings is 1. The van der Waals surface area contributed by atoms with Gasteiger partial charge in [-0.05, 0) is 37.0 Å². The Labute approximate surface area is 174 Å². The molecule has 6 nitrogen and oxygen atoms in total. The molecule has 0 saturated carbocycles. The van der Waals surface area contributed by atoms with Gasteiger partial charge in [-0.15, -0.1) is 0 Å². The van der Waals surface area contributed by atoms with E-state index in [0.29, 0.717) is 24.5 Å². The van der Waals surface area contributed by atoms with Crippen LogP contribution in [0.15, 0.2) is 35.6 Å². The Hall–Kier alpha value is -2.12. The summed E-state index contributed by atoms with van der Waals surface area (Å²) in [6, 6.07) is 7.77. The number of hydrogen-bond acceptors (Lipinski definition) is 5. The molecule has 0 atom stereocenters. The molecule has 0 aliphatic rings. The van der Waals surface area contributed by atoms with E-state index in [2.05, 4.69) is 34.4 Å². The summed E-state index contributed by atoms with van der Waals surface area (Å²) in [5.41, 5.74) is 2.16. The van der Waals surface area contributed by atoms with E-state index in [1.165, 1.54) is 23.5 Å². The topological polar surface area (TPSA) is 84.0 Å². The molecule has 0 spiro atoms. The normalized spacial score (nSPS) is 10.5. The number of amides is 2. The molecular formula is C20H25ClN4O2S. The van der Waals surface area contributed by atoms with Crippen molar-refractivity contribution < 1.29 is 9.59 Å². The second-order valence-corrected chi connectivity index (χ2v) is 7.62. The molecule has 0 saturated heterocycles. The van der Waals surface area contributed by atoms with Crippen molar-refractivity contribution in [2.45, 2.75) is 44.7 Å². The first-order valence-electron chi connectivity index (χ1n) is 9.35. The predicted octanol–water partition coefficient (Wildman–Crippen LogP) is 4.34. The zero-order valence-corrected chi connectivity index (χ0v) is 17.7. The Balaban J connectivity index is 1.76. The smallest absolute Gasteiger partial charge is 0.271 e. The predicted molar refractivity (Wildman–Crippen MR) is 114 cm³/mol. The fourth-order valence-corrected chi connectivity index (χ4v) is 3.20. The highest BCUT2D eigenvalue weighted by Crippen LogP contribution is 2.18. The Kier molecular flexibility index (Phi) is 9.23. The van der Waals surface area contributed by atoms with Crippen molar-refractivity contribution in [2.24, 2.45) is 0 Å². The highest BCUT2D eigenvalue weighted by Gasteiger charge is 2.14. The van der Waals surface area contributed by atoms with Crippen LogP contribution in [0.25, 0.3) is 0 Å². The Morgan fingerprint density at radius 2 is 1.93 bits per heavy atom. The molecule has 0 radical (unpaired) electrons. The van der Waals surface area contributed by atoms with Crippen molar-refractivity contribution >= 4 is 40.9 Å². The molecular weight excluding hydrogens is 396 g/mol. The number of nitrogens with zero attached hydrogens (tertiary/aromatic N) is 2. The van der Waals surface area contributed by atoms with Crippen molar-refractivity contribution in [2.75, 3.05) is 17.6 Å². The molecule has 0 fully saturated rings. The fraction of sp³-hybridized carbons (Fsp3) is 0.400. The maximum Gasteiger partial charge on any atom is 0.271 e. The van der Waals surface area contributed by atoms with E-state index < -0.39 is 0 Å². The number of halogens is 1. The Morgan fingerprint density at radius 1 is 1.18 bits per heavy atom. The third kappa shape index (κ3) is 7.13. The van der Waals surface area contributed by atoms with Gasteiger partial charge in [0.2, 0.25) is 5.91 Å². The van der Waals surface area contributed by atoms with Gasteiger partial charge in [-0.3, -0.25) is 9.59 Å². The summed E-state index contributed by atoms with van der Waals surface area (Å²) in [4.78, 5) is 32.6. The number of rotatable bonds is 10. The van der Waals surface area contributed by atoms with Crippen molar-refractivity contribution in [1.82, 2.24) is 15.3 Å². The molecule has 8 heteroatoms. The number of anilines is 1. The van der Waals surface area contributed by atoms with E-state index >= 15 is 0 Å². The van der Waals surface area contributed by atoms with E-state index in [-0.39, 0.29) is 22.5 Å². The van der Waals surface area contributed by atoms with Crippen molar-refractivity contribution in [3.63, 3.8) is 0 Å². The van der Waals surface area contributed by atoms with Gasteiger partial charge in [0, 0.05) is 24.4 Å². The molecule has 2 rings (SSSR count). The molecule has 0 aliphatic carbocycles. The number of carbonyl (C=O) groups is 2. The molecule has 28 heavy (non-hydrogen) atoms. The largest absolute Gasteiger partial charge is 0.351 e. The van der Waals surface area contributed by atoms with E-state index in [4.69, 9.17) is 11.6 Å². The summed E-state index contributed by atoms with van der Waals surface area (Å²) in [5, 5.41) is 6.35. The molecule has 2 amide bonds. The SMILES string of the molecule is CCCSc1ncc(Cl)c(C(=O)NCCCC(=O)Nc2ccc(CC)cc2)n1. The van der Waals surface area contributed by atoms with E-state index in [1.807, 2.05) is 24.3 Å². The lowest BCUT2D eigenvalue weighted by Crippen LogP contribution is -2.27. The number of carbonyl (C=O) groups excluding carboxylic acids is 2. The summed E-state index contributed by atoms with van der Waals surface area (Å²) in [7, 11) is 0. The van der Waals surface area contributed by atoms with E-state index in [9.17, 15) is 9.59 Å². The summed E-state index contributed by atoms with van der Waals surface area (Å²) in [6.45, 7) is 4.51. The van der Waals surface area contributed by atoms with Gasteiger partial charge in [0.1, 0.15) is 0 Å². The second-order valence-electron chi connectivity index (χ2n) is 6.16. The number of aryl methyl sites for hydroxylation is 1. The Bertz CT molecular complexity index is 799. The van der Waals surface area contributed by atoms with Crippen molar-refractivity contribution in [3.05, 3.63) is 46.7 Å². The maximum absolute atomic E-state index is 12.3. The van der Waals surface area contributed by atoms with Gasteiger partial charge in [-0.1, -0.05) is 49.3 Å². The van der Waals surface area contributed by atoms with Gasteiger partial charge < -0.3 is 10.6 Å².